The van der Waals surface area contributed by atoms with Gasteiger partial charge >= 0.3 is 0 Å². The van der Waals surface area contributed by atoms with E-state index in [4.69, 9.17) is 9.47 Å². The normalized spacial score (nSPS) is 11.5. The third kappa shape index (κ3) is 6.37. The Labute approximate surface area is 149 Å². The number of nitrogens with one attached hydrogen (secondary N) is 2. The molecular formula is C20H26N2O3. The van der Waals surface area contributed by atoms with Crippen LogP contribution in [0, 0.1) is 0 Å². The number of ether oxygens (including phenoxy) is 2. The van der Waals surface area contributed by atoms with E-state index in [1.165, 1.54) is 0 Å². The second-order valence-corrected chi connectivity index (χ2v) is 5.73. The summed E-state index contributed by atoms with van der Waals surface area (Å²) in [4.78, 5) is 12.1. The molecule has 5 heteroatoms. The quantitative estimate of drug-likeness (QED) is 0.713. The lowest BCUT2D eigenvalue weighted by molar-refractivity contribution is -0.114. The van der Waals surface area contributed by atoms with Crippen molar-refractivity contribution in [3.05, 3.63) is 48.5 Å². The molecule has 1 amide bonds. The molecule has 0 aliphatic rings. The lowest BCUT2D eigenvalue weighted by atomic mass is 10.2. The molecule has 0 saturated heterocycles. The second-order valence-electron chi connectivity index (χ2n) is 5.73. The molecule has 0 fully saturated rings. The Morgan fingerprint density at radius 3 is 2.44 bits per heavy atom. The fourth-order valence-electron chi connectivity index (χ4n) is 2.21. The molecule has 1 unspecified atom stereocenters. The van der Waals surface area contributed by atoms with Gasteiger partial charge in [-0.05, 0) is 44.5 Å². The molecule has 0 aromatic heterocycles. The average molecular weight is 342 g/mol. The summed E-state index contributed by atoms with van der Waals surface area (Å²) in [6, 6.07) is 15.0. The highest BCUT2D eigenvalue weighted by Crippen LogP contribution is 2.20. The van der Waals surface area contributed by atoms with Gasteiger partial charge in [-0.2, -0.15) is 0 Å². The monoisotopic (exact) mass is 342 g/mol. The summed E-state index contributed by atoms with van der Waals surface area (Å²) >= 11 is 0. The van der Waals surface area contributed by atoms with E-state index in [9.17, 15) is 4.79 Å². The number of rotatable bonds is 9. The zero-order valence-corrected chi connectivity index (χ0v) is 15.0. The van der Waals surface area contributed by atoms with Crippen LogP contribution in [0.4, 0.5) is 11.4 Å². The summed E-state index contributed by atoms with van der Waals surface area (Å²) < 4.78 is 11.2. The highest BCUT2D eigenvalue weighted by Gasteiger charge is 2.06. The molecule has 0 aliphatic heterocycles. The molecule has 1 atom stereocenters. The Kier molecular flexibility index (Phi) is 7.14. The van der Waals surface area contributed by atoms with Crippen LogP contribution < -0.4 is 20.1 Å². The van der Waals surface area contributed by atoms with Crippen LogP contribution >= 0.6 is 0 Å². The van der Waals surface area contributed by atoms with Crippen molar-refractivity contribution in [2.75, 3.05) is 23.8 Å². The van der Waals surface area contributed by atoms with Gasteiger partial charge in [0, 0.05) is 23.5 Å². The Morgan fingerprint density at radius 1 is 1.04 bits per heavy atom. The molecule has 0 saturated carbocycles. The van der Waals surface area contributed by atoms with E-state index >= 15 is 0 Å². The topological polar surface area (TPSA) is 59.6 Å². The van der Waals surface area contributed by atoms with Crippen LogP contribution in [0.25, 0.3) is 0 Å². The Bertz CT molecular complexity index is 688. The van der Waals surface area contributed by atoms with Crippen molar-refractivity contribution < 1.29 is 14.3 Å². The molecule has 2 N–H and O–H groups in total. The van der Waals surface area contributed by atoms with Crippen molar-refractivity contribution in [2.45, 2.75) is 33.3 Å². The summed E-state index contributed by atoms with van der Waals surface area (Å²) in [5, 5.41) is 5.97. The van der Waals surface area contributed by atoms with Crippen molar-refractivity contribution in [3.8, 4) is 11.5 Å². The Hall–Kier alpha value is -2.69. The van der Waals surface area contributed by atoms with E-state index < -0.39 is 0 Å². The van der Waals surface area contributed by atoms with Gasteiger partial charge in [0.25, 0.3) is 0 Å². The molecule has 5 nitrogen and oxygen atoms in total. The number of benzene rings is 2. The Balaban J connectivity index is 1.88. The Morgan fingerprint density at radius 2 is 1.72 bits per heavy atom. The van der Waals surface area contributed by atoms with Gasteiger partial charge in [-0.3, -0.25) is 4.79 Å². The summed E-state index contributed by atoms with van der Waals surface area (Å²) in [6.07, 6.45) is 1.08. The molecule has 0 aliphatic carbocycles. The van der Waals surface area contributed by atoms with Crippen molar-refractivity contribution in [1.82, 2.24) is 0 Å². The van der Waals surface area contributed by atoms with Gasteiger partial charge in [0.1, 0.15) is 11.5 Å². The number of carbonyl (C=O) groups excluding carboxylic acids is 1. The minimum absolute atomic E-state index is 0.123. The van der Waals surface area contributed by atoms with E-state index in [2.05, 4.69) is 17.6 Å². The SMILES string of the molecule is CCOc1cccc(NCC(=O)Nc2cccc(OC(C)CC)c2)c1. The molecule has 2 aromatic carbocycles. The molecule has 0 heterocycles. The van der Waals surface area contributed by atoms with Gasteiger partial charge in [0.2, 0.25) is 5.91 Å². The van der Waals surface area contributed by atoms with Gasteiger partial charge in [-0.15, -0.1) is 0 Å². The van der Waals surface area contributed by atoms with Crippen LogP contribution in [0.3, 0.4) is 0 Å². The molecule has 0 bridgehead atoms. The van der Waals surface area contributed by atoms with E-state index in [1.54, 1.807) is 0 Å². The van der Waals surface area contributed by atoms with Gasteiger partial charge in [0.05, 0.1) is 19.3 Å². The van der Waals surface area contributed by atoms with E-state index in [-0.39, 0.29) is 18.6 Å². The summed E-state index contributed by atoms with van der Waals surface area (Å²) in [5.74, 6) is 1.41. The van der Waals surface area contributed by atoms with Crippen LogP contribution in [0.1, 0.15) is 27.2 Å². The lowest BCUT2D eigenvalue weighted by Gasteiger charge is -2.14. The average Bonchev–Trinajstić information content (AvgIpc) is 2.61. The molecule has 2 rings (SSSR count). The zero-order valence-electron chi connectivity index (χ0n) is 15.0. The first kappa shape index (κ1) is 18.6. The summed E-state index contributed by atoms with van der Waals surface area (Å²) in [7, 11) is 0. The maximum atomic E-state index is 12.1. The van der Waals surface area contributed by atoms with Crippen molar-refractivity contribution >= 4 is 17.3 Å². The standard InChI is InChI=1S/C20H26N2O3/c1-4-15(3)25-19-11-7-9-17(13-19)22-20(23)14-21-16-8-6-10-18(12-16)24-5-2/h6-13,15,21H,4-5,14H2,1-3H3,(H,22,23). The fourth-order valence-corrected chi connectivity index (χ4v) is 2.21. The van der Waals surface area contributed by atoms with Crippen LogP contribution in [0.5, 0.6) is 11.5 Å². The third-order valence-electron chi connectivity index (χ3n) is 3.63. The predicted molar refractivity (Wildman–Crippen MR) is 102 cm³/mol. The number of amides is 1. The maximum Gasteiger partial charge on any atom is 0.243 e. The van der Waals surface area contributed by atoms with Gasteiger partial charge in [-0.1, -0.05) is 19.1 Å². The molecule has 25 heavy (non-hydrogen) atoms. The predicted octanol–water partition coefficient (Wildman–Crippen LogP) is 4.31. The smallest absolute Gasteiger partial charge is 0.243 e. The zero-order chi connectivity index (χ0) is 18.1. The highest BCUT2D eigenvalue weighted by atomic mass is 16.5. The number of hydrogen-bond acceptors (Lipinski definition) is 4. The number of carbonyl (C=O) groups is 1. The first-order valence-corrected chi connectivity index (χ1v) is 8.64. The van der Waals surface area contributed by atoms with Crippen molar-refractivity contribution in [2.24, 2.45) is 0 Å². The first-order valence-electron chi connectivity index (χ1n) is 8.64. The van der Waals surface area contributed by atoms with E-state index in [0.717, 1.165) is 29.3 Å². The van der Waals surface area contributed by atoms with Crippen molar-refractivity contribution in [3.63, 3.8) is 0 Å². The summed E-state index contributed by atoms with van der Waals surface area (Å²) in [6.45, 7) is 6.81. The molecule has 0 spiro atoms. The molecular weight excluding hydrogens is 316 g/mol. The third-order valence-corrected chi connectivity index (χ3v) is 3.63. The molecule has 2 aromatic rings. The van der Waals surface area contributed by atoms with Gasteiger partial charge in [-0.25, -0.2) is 0 Å². The van der Waals surface area contributed by atoms with Gasteiger partial charge < -0.3 is 20.1 Å². The first-order chi connectivity index (χ1) is 12.1. The number of hydrogen-bond donors (Lipinski definition) is 2. The maximum absolute atomic E-state index is 12.1. The summed E-state index contributed by atoms with van der Waals surface area (Å²) in [5.41, 5.74) is 1.56. The van der Waals surface area contributed by atoms with Gasteiger partial charge in [0.15, 0.2) is 0 Å². The molecule has 134 valence electrons. The van der Waals surface area contributed by atoms with Crippen molar-refractivity contribution in [1.29, 1.82) is 0 Å². The highest BCUT2D eigenvalue weighted by molar-refractivity contribution is 5.93. The fraction of sp³-hybridized carbons (Fsp3) is 0.350. The minimum Gasteiger partial charge on any atom is -0.494 e. The largest absolute Gasteiger partial charge is 0.494 e. The van der Waals surface area contributed by atoms with Crippen LogP contribution in [0.2, 0.25) is 0 Å². The van der Waals surface area contributed by atoms with E-state index in [0.29, 0.717) is 6.61 Å². The van der Waals surface area contributed by atoms with E-state index in [1.807, 2.05) is 62.4 Å². The van der Waals surface area contributed by atoms with Crippen LogP contribution in [-0.4, -0.2) is 25.2 Å². The van der Waals surface area contributed by atoms with Crippen LogP contribution in [-0.2, 0) is 4.79 Å². The van der Waals surface area contributed by atoms with Crippen LogP contribution in [0.15, 0.2) is 48.5 Å². The number of anilines is 2. The lowest BCUT2D eigenvalue weighted by Crippen LogP contribution is -2.21. The second kappa shape index (κ2) is 9.57. The minimum atomic E-state index is -0.123. The molecule has 0 radical (unpaired) electrons.